The number of thioether (sulfide) groups is 1. The SMILES string of the molecule is NCC#Cc1ccc(S(=O)(=O)NCC2CCCCS2)cc1. The van der Waals surface area contributed by atoms with E-state index in [1.807, 2.05) is 11.8 Å². The molecule has 0 spiro atoms. The molecular weight excluding hydrogens is 304 g/mol. The van der Waals surface area contributed by atoms with Gasteiger partial charge in [0.25, 0.3) is 0 Å². The van der Waals surface area contributed by atoms with Crippen LogP contribution in [0.2, 0.25) is 0 Å². The number of sulfonamides is 1. The summed E-state index contributed by atoms with van der Waals surface area (Å²) in [5.74, 6) is 6.74. The van der Waals surface area contributed by atoms with Gasteiger partial charge in [-0.25, -0.2) is 13.1 Å². The maximum Gasteiger partial charge on any atom is 0.240 e. The zero-order valence-corrected chi connectivity index (χ0v) is 13.5. The first-order valence-electron chi connectivity index (χ1n) is 7.02. The number of hydrogen-bond acceptors (Lipinski definition) is 4. The Hall–Kier alpha value is -1.00. The van der Waals surface area contributed by atoms with Gasteiger partial charge in [-0.2, -0.15) is 11.8 Å². The lowest BCUT2D eigenvalue weighted by Gasteiger charge is -2.21. The molecule has 1 aliphatic rings. The van der Waals surface area contributed by atoms with Crippen molar-refractivity contribution in [2.24, 2.45) is 5.73 Å². The number of nitrogens with two attached hydrogens (primary N) is 1. The Morgan fingerprint density at radius 1 is 1.29 bits per heavy atom. The second-order valence-electron chi connectivity index (χ2n) is 4.87. The third kappa shape index (κ3) is 5.04. The maximum absolute atomic E-state index is 12.2. The van der Waals surface area contributed by atoms with Crippen LogP contribution >= 0.6 is 11.8 Å². The molecule has 4 nitrogen and oxygen atoms in total. The predicted octanol–water partition coefficient (Wildman–Crippen LogP) is 1.56. The zero-order chi connectivity index (χ0) is 15.1. The molecule has 1 heterocycles. The van der Waals surface area contributed by atoms with E-state index >= 15 is 0 Å². The number of rotatable bonds is 4. The highest BCUT2D eigenvalue weighted by molar-refractivity contribution is 8.00. The van der Waals surface area contributed by atoms with Gasteiger partial charge in [0.15, 0.2) is 0 Å². The second-order valence-corrected chi connectivity index (χ2v) is 8.05. The molecule has 0 saturated carbocycles. The van der Waals surface area contributed by atoms with Crippen LogP contribution in [0.1, 0.15) is 24.8 Å². The van der Waals surface area contributed by atoms with Crippen molar-refractivity contribution < 1.29 is 8.42 Å². The Bertz CT molecular complexity index is 609. The topological polar surface area (TPSA) is 72.2 Å². The summed E-state index contributed by atoms with van der Waals surface area (Å²) in [5.41, 5.74) is 6.07. The van der Waals surface area contributed by atoms with E-state index in [2.05, 4.69) is 16.6 Å². The Morgan fingerprint density at radius 3 is 2.67 bits per heavy atom. The van der Waals surface area contributed by atoms with Crippen molar-refractivity contribution in [2.45, 2.75) is 29.4 Å². The summed E-state index contributed by atoms with van der Waals surface area (Å²) in [6, 6.07) is 6.56. The third-order valence-corrected chi connectivity index (χ3v) is 6.11. The molecule has 114 valence electrons. The molecular formula is C15H20N2O2S2. The number of benzene rings is 1. The van der Waals surface area contributed by atoms with Gasteiger partial charge in [-0.1, -0.05) is 18.3 Å². The molecule has 0 bridgehead atoms. The molecule has 0 aromatic heterocycles. The molecule has 21 heavy (non-hydrogen) atoms. The van der Waals surface area contributed by atoms with Crippen LogP contribution in [0, 0.1) is 11.8 Å². The summed E-state index contributed by atoms with van der Waals surface area (Å²) in [6.45, 7) is 0.794. The fourth-order valence-corrected chi connectivity index (χ4v) is 4.55. The smallest absolute Gasteiger partial charge is 0.240 e. The van der Waals surface area contributed by atoms with Gasteiger partial charge in [-0.05, 0) is 42.9 Å². The Kier molecular flexibility index (Phi) is 6.12. The molecule has 1 unspecified atom stereocenters. The van der Waals surface area contributed by atoms with Crippen LogP contribution in [0.4, 0.5) is 0 Å². The van der Waals surface area contributed by atoms with Crippen LogP contribution in [0.25, 0.3) is 0 Å². The first-order chi connectivity index (χ1) is 10.1. The lowest BCUT2D eigenvalue weighted by Crippen LogP contribution is -2.31. The number of nitrogens with one attached hydrogen (secondary N) is 1. The minimum absolute atomic E-state index is 0.279. The molecule has 6 heteroatoms. The van der Waals surface area contributed by atoms with Crippen LogP contribution in [0.3, 0.4) is 0 Å². The van der Waals surface area contributed by atoms with E-state index in [1.165, 1.54) is 12.8 Å². The van der Waals surface area contributed by atoms with Gasteiger partial charge in [0.2, 0.25) is 10.0 Å². The average molecular weight is 324 g/mol. The van der Waals surface area contributed by atoms with E-state index in [-0.39, 0.29) is 4.90 Å². The van der Waals surface area contributed by atoms with E-state index in [1.54, 1.807) is 24.3 Å². The van der Waals surface area contributed by atoms with E-state index < -0.39 is 10.0 Å². The molecule has 0 amide bonds. The van der Waals surface area contributed by atoms with Crippen LogP contribution in [-0.4, -0.2) is 32.5 Å². The minimum Gasteiger partial charge on any atom is -0.320 e. The molecule has 1 aliphatic heterocycles. The van der Waals surface area contributed by atoms with Gasteiger partial charge in [-0.15, -0.1) is 0 Å². The normalized spacial score (nSPS) is 18.8. The molecule has 1 saturated heterocycles. The molecule has 1 aromatic carbocycles. The monoisotopic (exact) mass is 324 g/mol. The van der Waals surface area contributed by atoms with Crippen LogP contribution < -0.4 is 10.5 Å². The zero-order valence-electron chi connectivity index (χ0n) is 11.8. The summed E-state index contributed by atoms with van der Waals surface area (Å²) >= 11 is 1.85. The minimum atomic E-state index is -3.43. The van der Waals surface area contributed by atoms with Gasteiger partial charge < -0.3 is 5.73 Å². The largest absolute Gasteiger partial charge is 0.320 e. The molecule has 1 atom stereocenters. The van der Waals surface area contributed by atoms with Gasteiger partial charge in [0.05, 0.1) is 11.4 Å². The fourth-order valence-electron chi connectivity index (χ4n) is 2.12. The summed E-state index contributed by atoms with van der Waals surface area (Å²) in [6.07, 6.45) is 3.51. The van der Waals surface area contributed by atoms with Crippen molar-refractivity contribution in [3.05, 3.63) is 29.8 Å². The molecule has 1 aromatic rings. The molecule has 2 rings (SSSR count). The van der Waals surface area contributed by atoms with E-state index in [4.69, 9.17) is 5.73 Å². The fraction of sp³-hybridized carbons (Fsp3) is 0.467. The third-order valence-electron chi connectivity index (χ3n) is 3.27. The van der Waals surface area contributed by atoms with E-state index in [0.29, 0.717) is 18.3 Å². The summed E-state index contributed by atoms with van der Waals surface area (Å²) in [7, 11) is -3.43. The first kappa shape index (κ1) is 16.4. The Balaban J connectivity index is 1.98. The predicted molar refractivity (Wildman–Crippen MR) is 87.7 cm³/mol. The van der Waals surface area contributed by atoms with Crippen molar-refractivity contribution in [3.63, 3.8) is 0 Å². The van der Waals surface area contributed by atoms with E-state index in [9.17, 15) is 8.42 Å². The maximum atomic E-state index is 12.2. The van der Waals surface area contributed by atoms with Gasteiger partial charge in [-0.3, -0.25) is 0 Å². The van der Waals surface area contributed by atoms with Crippen molar-refractivity contribution in [1.29, 1.82) is 0 Å². The Labute approximate surface area is 130 Å². The van der Waals surface area contributed by atoms with Crippen LogP contribution in [0.15, 0.2) is 29.2 Å². The van der Waals surface area contributed by atoms with Crippen molar-refractivity contribution in [2.75, 3.05) is 18.8 Å². The van der Waals surface area contributed by atoms with Gasteiger partial charge in [0, 0.05) is 17.4 Å². The molecule has 0 aliphatic carbocycles. The highest BCUT2D eigenvalue weighted by atomic mass is 32.2. The van der Waals surface area contributed by atoms with Crippen LogP contribution in [0.5, 0.6) is 0 Å². The molecule has 3 N–H and O–H groups in total. The van der Waals surface area contributed by atoms with Crippen LogP contribution in [-0.2, 0) is 10.0 Å². The van der Waals surface area contributed by atoms with Crippen molar-refractivity contribution in [3.8, 4) is 11.8 Å². The van der Waals surface area contributed by atoms with E-state index in [0.717, 1.165) is 17.7 Å². The summed E-state index contributed by atoms with van der Waals surface area (Å²) in [4.78, 5) is 0.279. The Morgan fingerprint density at radius 2 is 2.05 bits per heavy atom. The molecule has 1 fully saturated rings. The standard InChI is InChI=1S/C15H20N2O2S2/c16-10-3-4-13-6-8-15(9-7-13)21(18,19)17-12-14-5-1-2-11-20-14/h6-9,14,17H,1-2,5,10-12,16H2. The lowest BCUT2D eigenvalue weighted by molar-refractivity contribution is 0.574. The van der Waals surface area contributed by atoms with Gasteiger partial charge >= 0.3 is 0 Å². The van der Waals surface area contributed by atoms with Crippen molar-refractivity contribution >= 4 is 21.8 Å². The van der Waals surface area contributed by atoms with Crippen molar-refractivity contribution in [1.82, 2.24) is 4.72 Å². The lowest BCUT2D eigenvalue weighted by atomic mass is 10.2. The quantitative estimate of drug-likeness (QED) is 0.825. The van der Waals surface area contributed by atoms with Gasteiger partial charge in [0.1, 0.15) is 0 Å². The number of hydrogen-bond donors (Lipinski definition) is 2. The highest BCUT2D eigenvalue weighted by Crippen LogP contribution is 2.24. The summed E-state index contributed by atoms with van der Waals surface area (Å²) < 4.78 is 27.2. The first-order valence-corrected chi connectivity index (χ1v) is 9.55. The highest BCUT2D eigenvalue weighted by Gasteiger charge is 2.18. The summed E-state index contributed by atoms with van der Waals surface area (Å²) in [5, 5.41) is 0.392. The molecule has 0 radical (unpaired) electrons. The second kappa shape index (κ2) is 7.85. The average Bonchev–Trinajstić information content (AvgIpc) is 2.52.